The van der Waals surface area contributed by atoms with Crippen LogP contribution in [0.2, 0.25) is 0 Å². The molecular formula is C15H18N2O2. The molecule has 19 heavy (non-hydrogen) atoms. The smallest absolute Gasteiger partial charge is 0.252 e. The van der Waals surface area contributed by atoms with Crippen LogP contribution in [0.4, 0.5) is 0 Å². The Morgan fingerprint density at radius 3 is 2.68 bits per heavy atom. The summed E-state index contributed by atoms with van der Waals surface area (Å²) in [4.78, 5) is 14.6. The van der Waals surface area contributed by atoms with Gasteiger partial charge in [0.05, 0.1) is 12.3 Å². The van der Waals surface area contributed by atoms with E-state index in [0.717, 1.165) is 23.4 Å². The van der Waals surface area contributed by atoms with Gasteiger partial charge in [0.25, 0.3) is 5.56 Å². The topological polar surface area (TPSA) is 68.1 Å². The van der Waals surface area contributed by atoms with E-state index in [1.807, 2.05) is 30.3 Å². The molecule has 0 fully saturated rings. The van der Waals surface area contributed by atoms with Crippen molar-refractivity contribution in [3.8, 4) is 17.0 Å². The average molecular weight is 258 g/mol. The first-order chi connectivity index (χ1) is 9.26. The zero-order valence-corrected chi connectivity index (χ0v) is 11.0. The molecular weight excluding hydrogens is 240 g/mol. The lowest BCUT2D eigenvalue weighted by molar-refractivity contribution is 0.318. The van der Waals surface area contributed by atoms with Crippen LogP contribution >= 0.6 is 0 Å². The fourth-order valence-electron chi connectivity index (χ4n) is 1.85. The first-order valence-corrected chi connectivity index (χ1v) is 6.40. The minimum atomic E-state index is -0.148. The van der Waals surface area contributed by atoms with Gasteiger partial charge in [-0.25, -0.2) is 0 Å². The molecule has 1 aromatic heterocycles. The van der Waals surface area contributed by atoms with Gasteiger partial charge in [-0.2, -0.15) is 0 Å². The molecule has 0 amide bonds. The van der Waals surface area contributed by atoms with Crippen LogP contribution < -0.4 is 16.0 Å². The molecule has 100 valence electrons. The molecule has 1 heterocycles. The van der Waals surface area contributed by atoms with E-state index in [1.165, 1.54) is 0 Å². The van der Waals surface area contributed by atoms with Crippen molar-refractivity contribution in [1.29, 1.82) is 0 Å². The molecule has 2 rings (SSSR count). The maximum Gasteiger partial charge on any atom is 0.252 e. The van der Waals surface area contributed by atoms with E-state index in [0.29, 0.717) is 12.2 Å². The van der Waals surface area contributed by atoms with Gasteiger partial charge < -0.3 is 15.5 Å². The predicted molar refractivity (Wildman–Crippen MR) is 76.2 cm³/mol. The van der Waals surface area contributed by atoms with Gasteiger partial charge >= 0.3 is 0 Å². The van der Waals surface area contributed by atoms with E-state index >= 15 is 0 Å². The van der Waals surface area contributed by atoms with E-state index in [1.54, 1.807) is 6.07 Å². The van der Waals surface area contributed by atoms with E-state index in [2.05, 4.69) is 11.9 Å². The Morgan fingerprint density at radius 1 is 1.21 bits per heavy atom. The molecule has 0 saturated heterocycles. The number of nitrogens with one attached hydrogen (secondary N) is 1. The second-order valence-corrected chi connectivity index (χ2v) is 4.28. The van der Waals surface area contributed by atoms with Crippen LogP contribution in [0.25, 0.3) is 11.3 Å². The molecule has 1 aromatic carbocycles. The minimum Gasteiger partial charge on any atom is -0.493 e. The van der Waals surface area contributed by atoms with Crippen LogP contribution in [0, 0.1) is 0 Å². The largest absolute Gasteiger partial charge is 0.493 e. The number of H-pyrrole nitrogens is 1. The summed E-state index contributed by atoms with van der Waals surface area (Å²) < 4.78 is 5.69. The molecule has 0 aliphatic carbocycles. The number of benzene rings is 1. The van der Waals surface area contributed by atoms with Crippen LogP contribution in [0.15, 0.2) is 41.2 Å². The lowest BCUT2D eigenvalue weighted by Gasteiger charge is -2.11. The molecule has 2 aromatic rings. The molecule has 0 unspecified atom stereocenters. The highest BCUT2D eigenvalue weighted by atomic mass is 16.5. The number of pyridine rings is 1. The van der Waals surface area contributed by atoms with Crippen molar-refractivity contribution < 1.29 is 4.74 Å². The summed E-state index contributed by atoms with van der Waals surface area (Å²) in [5.41, 5.74) is 7.55. The van der Waals surface area contributed by atoms with Crippen molar-refractivity contribution >= 4 is 0 Å². The van der Waals surface area contributed by atoms with Gasteiger partial charge in [0.2, 0.25) is 0 Å². The van der Waals surface area contributed by atoms with Gasteiger partial charge in [0, 0.05) is 17.7 Å². The van der Waals surface area contributed by atoms with Gasteiger partial charge in [-0.3, -0.25) is 4.79 Å². The van der Waals surface area contributed by atoms with Crippen LogP contribution in [-0.2, 0) is 6.54 Å². The summed E-state index contributed by atoms with van der Waals surface area (Å²) in [7, 11) is 0. The summed E-state index contributed by atoms with van der Waals surface area (Å²) in [6.45, 7) is 2.95. The molecule has 0 spiro atoms. The van der Waals surface area contributed by atoms with Gasteiger partial charge in [-0.1, -0.05) is 25.1 Å². The lowest BCUT2D eigenvalue weighted by atomic mass is 10.1. The Kier molecular flexibility index (Phi) is 4.36. The van der Waals surface area contributed by atoms with Gasteiger partial charge in [-0.15, -0.1) is 0 Å². The number of hydrogen-bond donors (Lipinski definition) is 2. The molecule has 0 aliphatic rings. The minimum absolute atomic E-state index is 0.148. The standard InChI is InChI=1S/C15H18N2O2/c1-2-9-19-14-6-4-3-5-12(14)13-8-7-11(10-16)15(18)17-13/h3-8H,2,9-10,16H2,1H3,(H,17,18). The van der Waals surface area contributed by atoms with Crippen molar-refractivity contribution in [2.75, 3.05) is 6.61 Å². The van der Waals surface area contributed by atoms with Crippen molar-refractivity contribution in [3.63, 3.8) is 0 Å². The molecule has 4 heteroatoms. The van der Waals surface area contributed by atoms with Crippen LogP contribution in [0.5, 0.6) is 5.75 Å². The monoisotopic (exact) mass is 258 g/mol. The van der Waals surface area contributed by atoms with Gasteiger partial charge in [-0.05, 0) is 24.6 Å². The Morgan fingerprint density at radius 2 is 2.00 bits per heavy atom. The Balaban J connectivity index is 2.41. The number of para-hydroxylation sites is 1. The molecule has 0 saturated carbocycles. The highest BCUT2D eigenvalue weighted by Gasteiger charge is 2.07. The second kappa shape index (κ2) is 6.20. The first-order valence-electron chi connectivity index (χ1n) is 6.40. The summed E-state index contributed by atoms with van der Waals surface area (Å²) >= 11 is 0. The summed E-state index contributed by atoms with van der Waals surface area (Å²) in [5.74, 6) is 0.778. The average Bonchev–Trinajstić information content (AvgIpc) is 2.45. The predicted octanol–water partition coefficient (Wildman–Crippen LogP) is 2.29. The van der Waals surface area contributed by atoms with Crippen LogP contribution in [0.3, 0.4) is 0 Å². The number of ether oxygens (including phenoxy) is 1. The zero-order chi connectivity index (χ0) is 13.7. The molecule has 3 N–H and O–H groups in total. The van der Waals surface area contributed by atoms with Crippen LogP contribution in [0.1, 0.15) is 18.9 Å². The molecule has 0 radical (unpaired) electrons. The second-order valence-electron chi connectivity index (χ2n) is 4.28. The van der Waals surface area contributed by atoms with E-state index in [9.17, 15) is 4.79 Å². The summed E-state index contributed by atoms with van der Waals surface area (Å²) in [6, 6.07) is 11.3. The van der Waals surface area contributed by atoms with Gasteiger partial charge in [0.15, 0.2) is 0 Å². The lowest BCUT2D eigenvalue weighted by Crippen LogP contribution is -2.16. The summed E-state index contributed by atoms with van der Waals surface area (Å²) in [5, 5.41) is 0. The highest BCUT2D eigenvalue weighted by Crippen LogP contribution is 2.27. The normalized spacial score (nSPS) is 10.4. The number of aromatic amines is 1. The van der Waals surface area contributed by atoms with Crippen molar-refractivity contribution in [2.24, 2.45) is 5.73 Å². The van der Waals surface area contributed by atoms with Crippen molar-refractivity contribution in [1.82, 2.24) is 4.98 Å². The number of aromatic nitrogens is 1. The zero-order valence-electron chi connectivity index (χ0n) is 11.0. The quantitative estimate of drug-likeness (QED) is 0.864. The SMILES string of the molecule is CCCOc1ccccc1-c1ccc(CN)c(=O)[nH]1. The van der Waals surface area contributed by atoms with E-state index in [4.69, 9.17) is 10.5 Å². The first kappa shape index (κ1) is 13.4. The van der Waals surface area contributed by atoms with E-state index < -0.39 is 0 Å². The molecule has 0 aliphatic heterocycles. The van der Waals surface area contributed by atoms with E-state index in [-0.39, 0.29) is 12.1 Å². The van der Waals surface area contributed by atoms with Crippen LogP contribution in [-0.4, -0.2) is 11.6 Å². The number of rotatable bonds is 5. The van der Waals surface area contributed by atoms with Crippen molar-refractivity contribution in [3.05, 3.63) is 52.3 Å². The van der Waals surface area contributed by atoms with Gasteiger partial charge in [0.1, 0.15) is 5.75 Å². The fourth-order valence-corrected chi connectivity index (χ4v) is 1.85. The maximum atomic E-state index is 11.8. The highest BCUT2D eigenvalue weighted by molar-refractivity contribution is 5.66. The fraction of sp³-hybridized carbons (Fsp3) is 0.267. The molecule has 0 atom stereocenters. The van der Waals surface area contributed by atoms with Crippen molar-refractivity contribution in [2.45, 2.75) is 19.9 Å². The Hall–Kier alpha value is -2.07. The molecule has 0 bridgehead atoms. The Bertz CT molecular complexity index is 605. The summed E-state index contributed by atoms with van der Waals surface area (Å²) in [6.07, 6.45) is 0.941. The molecule has 4 nitrogen and oxygen atoms in total. The third-order valence-corrected chi connectivity index (χ3v) is 2.85. The maximum absolute atomic E-state index is 11.8. The number of nitrogens with two attached hydrogens (primary N) is 1. The number of hydrogen-bond acceptors (Lipinski definition) is 3. The third kappa shape index (κ3) is 3.03. The third-order valence-electron chi connectivity index (χ3n) is 2.85. The Labute approximate surface area is 112 Å².